The Morgan fingerprint density at radius 3 is 2.31 bits per heavy atom. The number of primary amides is 1. The largest absolute Gasteiger partial charge is 0.380 e. The highest BCUT2D eigenvalue weighted by molar-refractivity contribution is 14.1. The molecule has 0 spiro atoms. The first kappa shape index (κ1) is 21.7. The van der Waals surface area contributed by atoms with Crippen molar-refractivity contribution in [1.29, 1.82) is 0 Å². The number of pyridine rings is 1. The number of rotatable bonds is 7. The molecule has 32 heavy (non-hydrogen) atoms. The van der Waals surface area contributed by atoms with E-state index in [-0.39, 0.29) is 5.78 Å². The van der Waals surface area contributed by atoms with E-state index in [0.29, 0.717) is 28.9 Å². The summed E-state index contributed by atoms with van der Waals surface area (Å²) in [5.41, 5.74) is 10.6. The molecule has 3 aromatic carbocycles. The number of hydrogen-bond acceptors (Lipinski definition) is 4. The monoisotopic (exact) mass is 533 g/mol. The second kappa shape index (κ2) is 9.74. The Bertz CT molecular complexity index is 1280. The minimum atomic E-state index is -0.517. The van der Waals surface area contributed by atoms with Gasteiger partial charge in [-0.05, 0) is 64.0 Å². The van der Waals surface area contributed by atoms with Gasteiger partial charge in [0.15, 0.2) is 5.78 Å². The predicted molar refractivity (Wildman–Crippen MR) is 135 cm³/mol. The van der Waals surface area contributed by atoms with Crippen molar-refractivity contribution in [3.63, 3.8) is 0 Å². The summed E-state index contributed by atoms with van der Waals surface area (Å²) in [6, 6.07) is 24.0. The third kappa shape index (κ3) is 4.70. The van der Waals surface area contributed by atoms with Gasteiger partial charge in [-0.25, -0.2) is 0 Å². The lowest BCUT2D eigenvalue weighted by Gasteiger charge is -2.18. The van der Waals surface area contributed by atoms with Crippen LogP contribution in [0.3, 0.4) is 0 Å². The summed E-state index contributed by atoms with van der Waals surface area (Å²) in [4.78, 5) is 29.2. The third-order valence-electron chi connectivity index (χ3n) is 5.09. The zero-order valence-electron chi connectivity index (χ0n) is 17.1. The molecule has 1 amide bonds. The predicted octanol–water partition coefficient (Wildman–Crippen LogP) is 5.30. The van der Waals surface area contributed by atoms with Crippen LogP contribution in [0, 0.1) is 3.57 Å². The van der Waals surface area contributed by atoms with Crippen LogP contribution < -0.4 is 11.1 Å². The molecule has 158 valence electrons. The molecule has 6 heteroatoms. The van der Waals surface area contributed by atoms with Gasteiger partial charge in [0.25, 0.3) is 5.91 Å². The van der Waals surface area contributed by atoms with Crippen molar-refractivity contribution < 1.29 is 9.59 Å². The summed E-state index contributed by atoms with van der Waals surface area (Å²) in [5.74, 6) is -0.573. The molecule has 0 fully saturated rings. The SMILES string of the molecule is NC(=O)c1ccc(I)c(-c2cccc(C(=O)c3ccccc3)c2)c1NCc1ccncc1. The molecule has 0 aliphatic carbocycles. The van der Waals surface area contributed by atoms with E-state index in [0.717, 1.165) is 20.3 Å². The van der Waals surface area contributed by atoms with Crippen LogP contribution in [-0.2, 0) is 6.54 Å². The number of carbonyl (C=O) groups excluding carboxylic acids is 2. The molecule has 0 saturated heterocycles. The van der Waals surface area contributed by atoms with E-state index in [4.69, 9.17) is 5.73 Å². The van der Waals surface area contributed by atoms with Crippen LogP contribution in [-0.4, -0.2) is 16.7 Å². The highest BCUT2D eigenvalue weighted by atomic mass is 127. The number of amides is 1. The molecular weight excluding hydrogens is 513 g/mol. The molecule has 0 aliphatic rings. The summed E-state index contributed by atoms with van der Waals surface area (Å²) in [6.07, 6.45) is 3.45. The van der Waals surface area contributed by atoms with Gasteiger partial charge in [0, 0.05) is 39.2 Å². The standard InChI is InChI=1S/C26H20IN3O2/c27-22-10-9-21(26(28)32)24(30-16-17-11-13-29-14-12-17)23(22)19-7-4-8-20(15-19)25(31)18-5-2-1-3-6-18/h1-15,30H,16H2,(H2,28,32). The Hall–Kier alpha value is -3.52. The number of nitrogens with one attached hydrogen (secondary N) is 1. The van der Waals surface area contributed by atoms with Gasteiger partial charge in [0.1, 0.15) is 0 Å². The molecule has 0 unspecified atom stereocenters. The van der Waals surface area contributed by atoms with E-state index >= 15 is 0 Å². The zero-order valence-corrected chi connectivity index (χ0v) is 19.2. The van der Waals surface area contributed by atoms with Crippen LogP contribution >= 0.6 is 22.6 Å². The Morgan fingerprint density at radius 1 is 0.875 bits per heavy atom. The number of ketones is 1. The van der Waals surface area contributed by atoms with Crippen LogP contribution in [0.4, 0.5) is 5.69 Å². The van der Waals surface area contributed by atoms with E-state index in [1.54, 1.807) is 36.7 Å². The Balaban J connectivity index is 1.78. The zero-order chi connectivity index (χ0) is 22.5. The topological polar surface area (TPSA) is 85.1 Å². The number of nitrogens with zero attached hydrogens (tertiary/aromatic N) is 1. The number of carbonyl (C=O) groups is 2. The van der Waals surface area contributed by atoms with Crippen molar-refractivity contribution in [1.82, 2.24) is 4.98 Å². The maximum atomic E-state index is 13.0. The van der Waals surface area contributed by atoms with E-state index < -0.39 is 5.91 Å². The lowest BCUT2D eigenvalue weighted by molar-refractivity contribution is 0.0999. The molecule has 0 aliphatic heterocycles. The van der Waals surface area contributed by atoms with Gasteiger partial charge in [0.2, 0.25) is 0 Å². The quantitative estimate of drug-likeness (QED) is 0.250. The minimum Gasteiger partial charge on any atom is -0.380 e. The molecule has 1 aromatic heterocycles. The van der Waals surface area contributed by atoms with Crippen molar-refractivity contribution in [2.75, 3.05) is 5.32 Å². The van der Waals surface area contributed by atoms with Crippen molar-refractivity contribution in [2.24, 2.45) is 5.73 Å². The fourth-order valence-corrected chi connectivity index (χ4v) is 4.27. The molecule has 3 N–H and O–H groups in total. The van der Waals surface area contributed by atoms with Gasteiger partial charge in [-0.1, -0.05) is 48.5 Å². The lowest BCUT2D eigenvalue weighted by Crippen LogP contribution is -2.16. The fraction of sp³-hybridized carbons (Fsp3) is 0.0385. The highest BCUT2D eigenvalue weighted by Gasteiger charge is 2.18. The molecule has 1 heterocycles. The molecule has 5 nitrogen and oxygen atoms in total. The first-order valence-corrected chi connectivity index (χ1v) is 11.1. The van der Waals surface area contributed by atoms with E-state index in [1.807, 2.05) is 54.6 Å². The summed E-state index contributed by atoms with van der Waals surface area (Å²) >= 11 is 2.24. The molecule has 4 rings (SSSR count). The van der Waals surface area contributed by atoms with Crippen molar-refractivity contribution >= 4 is 40.0 Å². The highest BCUT2D eigenvalue weighted by Crippen LogP contribution is 2.36. The van der Waals surface area contributed by atoms with Gasteiger partial charge in [-0.15, -0.1) is 0 Å². The lowest BCUT2D eigenvalue weighted by atomic mass is 9.95. The van der Waals surface area contributed by atoms with Crippen LogP contribution in [0.1, 0.15) is 31.8 Å². The first-order chi connectivity index (χ1) is 15.5. The molecule has 4 aromatic rings. The molecule has 0 atom stereocenters. The normalized spacial score (nSPS) is 10.5. The number of halogens is 1. The summed E-state index contributed by atoms with van der Waals surface area (Å²) < 4.78 is 0.939. The fourth-order valence-electron chi connectivity index (χ4n) is 3.51. The average Bonchev–Trinajstić information content (AvgIpc) is 2.83. The second-order valence-electron chi connectivity index (χ2n) is 7.19. The van der Waals surface area contributed by atoms with Crippen molar-refractivity contribution in [2.45, 2.75) is 6.54 Å². The third-order valence-corrected chi connectivity index (χ3v) is 5.99. The van der Waals surface area contributed by atoms with Crippen molar-refractivity contribution in [3.05, 3.63) is 117 Å². The van der Waals surface area contributed by atoms with Crippen LogP contribution in [0.2, 0.25) is 0 Å². The van der Waals surface area contributed by atoms with E-state index in [2.05, 4.69) is 32.9 Å². The minimum absolute atomic E-state index is 0.0557. The number of hydrogen-bond donors (Lipinski definition) is 2. The second-order valence-corrected chi connectivity index (χ2v) is 8.36. The average molecular weight is 533 g/mol. The van der Waals surface area contributed by atoms with E-state index in [9.17, 15) is 9.59 Å². The number of anilines is 1. The Kier molecular flexibility index (Phi) is 6.61. The van der Waals surface area contributed by atoms with Gasteiger partial charge in [-0.2, -0.15) is 0 Å². The van der Waals surface area contributed by atoms with Gasteiger partial charge >= 0.3 is 0 Å². The Labute approximate surface area is 199 Å². The first-order valence-electron chi connectivity index (χ1n) is 10.00. The van der Waals surface area contributed by atoms with Gasteiger partial charge in [-0.3, -0.25) is 14.6 Å². The smallest absolute Gasteiger partial charge is 0.250 e. The summed E-state index contributed by atoms with van der Waals surface area (Å²) in [6.45, 7) is 0.499. The molecular formula is C26H20IN3O2. The van der Waals surface area contributed by atoms with E-state index in [1.165, 1.54) is 0 Å². The summed E-state index contributed by atoms with van der Waals surface area (Å²) in [5, 5.41) is 3.38. The molecule has 0 radical (unpaired) electrons. The molecule has 0 saturated carbocycles. The van der Waals surface area contributed by atoms with Crippen LogP contribution in [0.25, 0.3) is 11.1 Å². The number of nitrogens with two attached hydrogens (primary N) is 1. The van der Waals surface area contributed by atoms with Gasteiger partial charge < -0.3 is 11.1 Å². The maximum Gasteiger partial charge on any atom is 0.250 e. The summed E-state index contributed by atoms with van der Waals surface area (Å²) in [7, 11) is 0. The van der Waals surface area contributed by atoms with Crippen LogP contribution in [0.15, 0.2) is 91.3 Å². The Morgan fingerprint density at radius 2 is 1.59 bits per heavy atom. The maximum absolute atomic E-state index is 13.0. The number of aromatic nitrogens is 1. The van der Waals surface area contributed by atoms with Crippen molar-refractivity contribution in [3.8, 4) is 11.1 Å². The number of benzene rings is 3. The molecule has 0 bridgehead atoms. The van der Waals surface area contributed by atoms with Crippen LogP contribution in [0.5, 0.6) is 0 Å². The van der Waals surface area contributed by atoms with Gasteiger partial charge in [0.05, 0.1) is 11.3 Å².